The number of carbonyl (C=O) groups is 1. The van der Waals surface area contributed by atoms with E-state index in [4.69, 9.17) is 16.3 Å². The van der Waals surface area contributed by atoms with Crippen LogP contribution >= 0.6 is 11.6 Å². The van der Waals surface area contributed by atoms with Crippen LogP contribution in [0, 0.1) is 12.7 Å². The standard InChI is InChI=1S/C21H19ClFN3O3/c1-14-12-19(27)20(24-26(14)18-9-4-3-8-17(18)23)21(28)25(2)10-11-29-16-7-5-6-15(22)13-16/h3-9,12-13H,10-11H2,1-2H3. The van der Waals surface area contributed by atoms with Crippen LogP contribution in [0.2, 0.25) is 5.02 Å². The quantitative estimate of drug-likeness (QED) is 0.618. The number of hydrogen-bond donors (Lipinski definition) is 0. The lowest BCUT2D eigenvalue weighted by Gasteiger charge is -2.18. The predicted molar refractivity (Wildman–Crippen MR) is 108 cm³/mol. The summed E-state index contributed by atoms with van der Waals surface area (Å²) in [6, 6.07) is 14.2. The molecule has 1 heterocycles. The molecule has 1 aromatic heterocycles. The van der Waals surface area contributed by atoms with E-state index >= 15 is 0 Å². The maximum Gasteiger partial charge on any atom is 0.278 e. The molecule has 0 saturated heterocycles. The molecule has 6 nitrogen and oxygen atoms in total. The van der Waals surface area contributed by atoms with Crippen LogP contribution in [0.5, 0.6) is 5.75 Å². The Bertz CT molecular complexity index is 1100. The van der Waals surface area contributed by atoms with Crippen LogP contribution in [0.1, 0.15) is 16.2 Å². The summed E-state index contributed by atoms with van der Waals surface area (Å²) in [6.45, 7) is 2.05. The van der Waals surface area contributed by atoms with Gasteiger partial charge in [0.05, 0.1) is 6.54 Å². The number of para-hydroxylation sites is 1. The third kappa shape index (κ3) is 4.81. The van der Waals surface area contributed by atoms with Gasteiger partial charge in [-0.05, 0) is 37.3 Å². The molecular formula is C21H19ClFN3O3. The van der Waals surface area contributed by atoms with Gasteiger partial charge < -0.3 is 9.64 Å². The van der Waals surface area contributed by atoms with Gasteiger partial charge in [-0.25, -0.2) is 9.07 Å². The normalized spacial score (nSPS) is 10.6. The van der Waals surface area contributed by atoms with Crippen molar-refractivity contribution in [3.63, 3.8) is 0 Å². The fraction of sp³-hybridized carbons (Fsp3) is 0.190. The van der Waals surface area contributed by atoms with Crippen molar-refractivity contribution in [2.45, 2.75) is 6.92 Å². The van der Waals surface area contributed by atoms with Crippen molar-refractivity contribution in [1.29, 1.82) is 0 Å². The third-order valence-corrected chi connectivity index (χ3v) is 4.46. The smallest absolute Gasteiger partial charge is 0.278 e. The van der Waals surface area contributed by atoms with Crippen LogP contribution < -0.4 is 10.2 Å². The lowest BCUT2D eigenvalue weighted by Crippen LogP contribution is -2.36. The minimum Gasteiger partial charge on any atom is -0.492 e. The molecule has 0 N–H and O–H groups in total. The minimum atomic E-state index is -0.574. The third-order valence-electron chi connectivity index (χ3n) is 4.23. The maximum atomic E-state index is 14.1. The molecule has 0 aliphatic heterocycles. The Morgan fingerprint density at radius 3 is 2.69 bits per heavy atom. The first kappa shape index (κ1) is 20.5. The molecule has 1 amide bonds. The number of hydrogen-bond acceptors (Lipinski definition) is 4. The summed E-state index contributed by atoms with van der Waals surface area (Å²) in [5.41, 5.74) is -0.235. The van der Waals surface area contributed by atoms with E-state index in [0.29, 0.717) is 16.5 Å². The fourth-order valence-electron chi connectivity index (χ4n) is 2.70. The van der Waals surface area contributed by atoms with E-state index in [1.165, 1.54) is 34.8 Å². The molecule has 0 atom stereocenters. The zero-order chi connectivity index (χ0) is 21.0. The Labute approximate surface area is 172 Å². The molecule has 150 valence electrons. The van der Waals surface area contributed by atoms with E-state index < -0.39 is 17.2 Å². The number of benzene rings is 2. The van der Waals surface area contributed by atoms with Gasteiger partial charge in [0.1, 0.15) is 23.9 Å². The lowest BCUT2D eigenvalue weighted by molar-refractivity contribution is 0.0764. The van der Waals surface area contributed by atoms with Crippen LogP contribution in [0.15, 0.2) is 59.4 Å². The topological polar surface area (TPSA) is 64.4 Å². The van der Waals surface area contributed by atoms with Gasteiger partial charge in [-0.1, -0.05) is 29.8 Å². The summed E-state index contributed by atoms with van der Waals surface area (Å²) in [5, 5.41) is 4.66. The van der Waals surface area contributed by atoms with Crippen molar-refractivity contribution < 1.29 is 13.9 Å². The molecule has 3 aromatic rings. The van der Waals surface area contributed by atoms with Gasteiger partial charge in [-0.3, -0.25) is 9.59 Å². The number of likely N-dealkylation sites (N-methyl/N-ethyl adjacent to an activating group) is 1. The maximum absolute atomic E-state index is 14.1. The molecule has 2 aromatic carbocycles. The van der Waals surface area contributed by atoms with Crippen molar-refractivity contribution in [3.8, 4) is 11.4 Å². The van der Waals surface area contributed by atoms with Gasteiger partial charge >= 0.3 is 0 Å². The van der Waals surface area contributed by atoms with E-state index in [-0.39, 0.29) is 24.5 Å². The van der Waals surface area contributed by atoms with Gasteiger partial charge in [0.15, 0.2) is 5.69 Å². The van der Waals surface area contributed by atoms with Crippen molar-refractivity contribution >= 4 is 17.5 Å². The summed E-state index contributed by atoms with van der Waals surface area (Å²) in [6.07, 6.45) is 0. The molecule has 0 saturated carbocycles. The molecule has 0 spiro atoms. The van der Waals surface area contributed by atoms with Gasteiger partial charge in [-0.2, -0.15) is 5.10 Å². The minimum absolute atomic E-state index is 0.158. The Morgan fingerprint density at radius 1 is 1.21 bits per heavy atom. The number of halogens is 2. The van der Waals surface area contributed by atoms with Gasteiger partial charge in [0.25, 0.3) is 5.91 Å². The van der Waals surface area contributed by atoms with Crippen molar-refractivity contribution in [2.75, 3.05) is 20.2 Å². The number of nitrogens with zero attached hydrogens (tertiary/aromatic N) is 3. The number of amides is 1. The molecule has 0 radical (unpaired) electrons. The zero-order valence-corrected chi connectivity index (χ0v) is 16.7. The number of ether oxygens (including phenoxy) is 1. The number of carbonyl (C=O) groups excluding carboxylic acids is 1. The molecule has 29 heavy (non-hydrogen) atoms. The summed E-state index contributed by atoms with van der Waals surface area (Å²) >= 11 is 5.91. The molecule has 0 bridgehead atoms. The summed E-state index contributed by atoms with van der Waals surface area (Å²) in [4.78, 5) is 26.4. The lowest BCUT2D eigenvalue weighted by atomic mass is 10.2. The van der Waals surface area contributed by atoms with Crippen molar-refractivity contribution in [2.24, 2.45) is 0 Å². The highest BCUT2D eigenvalue weighted by molar-refractivity contribution is 6.30. The van der Waals surface area contributed by atoms with E-state index in [0.717, 1.165) is 0 Å². The van der Waals surface area contributed by atoms with Crippen molar-refractivity contribution in [3.05, 3.63) is 87.0 Å². The molecular weight excluding hydrogens is 397 g/mol. The zero-order valence-electron chi connectivity index (χ0n) is 15.9. The highest BCUT2D eigenvalue weighted by Crippen LogP contribution is 2.17. The first-order valence-corrected chi connectivity index (χ1v) is 9.24. The van der Waals surface area contributed by atoms with Gasteiger partial charge in [0, 0.05) is 23.8 Å². The largest absolute Gasteiger partial charge is 0.492 e. The Kier molecular flexibility index (Phi) is 6.29. The van der Waals surface area contributed by atoms with Crippen LogP contribution in [0.3, 0.4) is 0 Å². The van der Waals surface area contributed by atoms with Gasteiger partial charge in [0.2, 0.25) is 5.43 Å². The molecule has 8 heteroatoms. The molecule has 0 aliphatic rings. The average molecular weight is 416 g/mol. The Balaban J connectivity index is 1.77. The molecule has 3 rings (SSSR count). The average Bonchev–Trinajstić information content (AvgIpc) is 2.68. The van der Waals surface area contributed by atoms with Crippen LogP contribution in [0.25, 0.3) is 5.69 Å². The first-order valence-electron chi connectivity index (χ1n) is 8.86. The summed E-state index contributed by atoms with van der Waals surface area (Å²) < 4.78 is 21.0. The fourth-order valence-corrected chi connectivity index (χ4v) is 2.88. The van der Waals surface area contributed by atoms with Crippen LogP contribution in [0.4, 0.5) is 4.39 Å². The SMILES string of the molecule is Cc1cc(=O)c(C(=O)N(C)CCOc2cccc(Cl)c2)nn1-c1ccccc1F. The van der Waals surface area contributed by atoms with E-state index in [1.54, 1.807) is 43.3 Å². The number of rotatable bonds is 6. The van der Waals surface area contributed by atoms with E-state index in [1.807, 2.05) is 0 Å². The first-order chi connectivity index (χ1) is 13.9. The summed E-state index contributed by atoms with van der Waals surface area (Å²) in [5.74, 6) is -0.503. The highest BCUT2D eigenvalue weighted by Gasteiger charge is 2.20. The second-order valence-electron chi connectivity index (χ2n) is 6.39. The van der Waals surface area contributed by atoms with E-state index in [2.05, 4.69) is 5.10 Å². The summed E-state index contributed by atoms with van der Waals surface area (Å²) in [7, 11) is 1.54. The monoisotopic (exact) mass is 415 g/mol. The number of aromatic nitrogens is 2. The Morgan fingerprint density at radius 2 is 1.97 bits per heavy atom. The second kappa shape index (κ2) is 8.87. The molecule has 0 fully saturated rings. The van der Waals surface area contributed by atoms with Gasteiger partial charge in [-0.15, -0.1) is 0 Å². The van der Waals surface area contributed by atoms with Crippen molar-refractivity contribution in [1.82, 2.24) is 14.7 Å². The highest BCUT2D eigenvalue weighted by atomic mass is 35.5. The van der Waals surface area contributed by atoms with E-state index in [9.17, 15) is 14.0 Å². The predicted octanol–water partition coefficient (Wildman–Crippen LogP) is 3.48. The number of aryl methyl sites for hydroxylation is 1. The van der Waals surface area contributed by atoms with Crippen LogP contribution in [-0.2, 0) is 0 Å². The molecule has 0 unspecified atom stereocenters. The molecule has 0 aliphatic carbocycles. The van der Waals surface area contributed by atoms with Crippen LogP contribution in [-0.4, -0.2) is 40.8 Å². The second-order valence-corrected chi connectivity index (χ2v) is 6.83. The Hall–Kier alpha value is -3.19.